The normalized spacial score (nSPS) is 4.78. The number of nitrogens with one attached hydrogen (secondary N) is 2. The Morgan fingerprint density at radius 1 is 0.722 bits per heavy atom. The standard InChI is InChI=1S/2C3H4N2.3CO.BrH.Re/c2*1-2-4-5-3-1;3*1-2;;/h2*1-3H,(H,4,5);;;;1H;/p-1. The zero-order valence-electron chi connectivity index (χ0n) is 8.84. The van der Waals surface area contributed by atoms with Crippen molar-refractivity contribution in [2.24, 2.45) is 0 Å². The van der Waals surface area contributed by atoms with Crippen LogP contribution >= 0.6 is 0 Å². The zero-order chi connectivity index (χ0) is 13.1. The van der Waals surface area contributed by atoms with Crippen LogP contribution in [0.4, 0.5) is 0 Å². The van der Waals surface area contributed by atoms with Gasteiger partial charge in [-0.3, -0.25) is 10.2 Å². The molecule has 2 aromatic rings. The summed E-state index contributed by atoms with van der Waals surface area (Å²) in [5, 5.41) is 12.4. The second kappa shape index (κ2) is 44.7. The predicted molar refractivity (Wildman–Crippen MR) is 49.0 cm³/mol. The van der Waals surface area contributed by atoms with Gasteiger partial charge >= 0.3 is 33.9 Å². The van der Waals surface area contributed by atoms with Crippen molar-refractivity contribution in [3.8, 4) is 0 Å². The van der Waals surface area contributed by atoms with Crippen LogP contribution in [0.3, 0.4) is 0 Å². The number of halogens is 1. The van der Waals surface area contributed by atoms with Crippen molar-refractivity contribution < 1.29 is 51.4 Å². The summed E-state index contributed by atoms with van der Waals surface area (Å²) in [6, 6.07) is 3.67. The van der Waals surface area contributed by atoms with Gasteiger partial charge in [0.2, 0.25) is 0 Å². The second-order valence-corrected chi connectivity index (χ2v) is 1.53. The molecule has 18 heavy (non-hydrogen) atoms. The van der Waals surface area contributed by atoms with Crippen LogP contribution < -0.4 is 17.0 Å². The first kappa shape index (κ1) is 30.1. The van der Waals surface area contributed by atoms with E-state index in [-0.39, 0.29) is 37.4 Å². The molecule has 0 unspecified atom stereocenters. The van der Waals surface area contributed by atoms with Gasteiger partial charge in [-0.05, 0) is 12.1 Å². The Morgan fingerprint density at radius 3 is 1.06 bits per heavy atom. The summed E-state index contributed by atoms with van der Waals surface area (Å²) in [5.41, 5.74) is 0. The molecule has 7 nitrogen and oxygen atoms in total. The molecule has 0 aromatic carbocycles. The molecule has 0 atom stereocenters. The molecule has 0 fully saturated rings. The van der Waals surface area contributed by atoms with Gasteiger partial charge in [-0.1, -0.05) is 0 Å². The molecule has 0 amide bonds. The van der Waals surface area contributed by atoms with E-state index in [4.69, 9.17) is 14.0 Å². The summed E-state index contributed by atoms with van der Waals surface area (Å²) in [6.07, 6.45) is 6.92. The van der Waals surface area contributed by atoms with E-state index in [2.05, 4.69) is 40.3 Å². The van der Waals surface area contributed by atoms with Gasteiger partial charge < -0.3 is 17.0 Å². The summed E-state index contributed by atoms with van der Waals surface area (Å²) < 4.78 is 22.5. The Bertz CT molecular complexity index is 259. The smallest absolute Gasteiger partial charge is 0.0487 e. The molecule has 2 heterocycles. The molecule has 0 saturated carbocycles. The first-order valence-corrected chi connectivity index (χ1v) is 3.49. The molecule has 0 aliphatic heterocycles. The number of nitrogens with zero attached hydrogens (tertiary/aromatic N) is 2. The molecule has 2 aromatic heterocycles. The van der Waals surface area contributed by atoms with Gasteiger partial charge in [-0.25, -0.2) is 0 Å². The fraction of sp³-hybridized carbons (Fsp3) is 0. The third-order valence-corrected chi connectivity index (χ3v) is 0.812. The van der Waals surface area contributed by atoms with Crippen LogP contribution in [0.1, 0.15) is 0 Å². The van der Waals surface area contributed by atoms with Gasteiger partial charge in [-0.2, -0.15) is 10.2 Å². The van der Waals surface area contributed by atoms with E-state index in [0.29, 0.717) is 0 Å². The zero-order valence-corrected chi connectivity index (χ0v) is 13.1. The SMILES string of the molecule is [Br-].[C-]#[O+].[C-]#[O+].[C-]#[O+].[Re].c1cn[nH]c1.c1cn[nH]c1. The molecule has 0 aliphatic carbocycles. The van der Waals surface area contributed by atoms with Crippen LogP contribution in [0.15, 0.2) is 36.9 Å². The Labute approximate surface area is 128 Å². The van der Waals surface area contributed by atoms with Crippen molar-refractivity contribution in [1.29, 1.82) is 0 Å². The summed E-state index contributed by atoms with van der Waals surface area (Å²) in [4.78, 5) is 0. The van der Waals surface area contributed by atoms with Gasteiger partial charge in [0.25, 0.3) is 0 Å². The molecular weight excluding hydrogens is 478 g/mol. The molecule has 0 spiro atoms. The van der Waals surface area contributed by atoms with Crippen molar-refractivity contribution in [3.63, 3.8) is 0 Å². The van der Waals surface area contributed by atoms with Crippen molar-refractivity contribution in [2.45, 2.75) is 0 Å². The fourth-order valence-electron chi connectivity index (χ4n) is 0.430. The Morgan fingerprint density at radius 2 is 1.00 bits per heavy atom. The van der Waals surface area contributed by atoms with Crippen LogP contribution in [0.25, 0.3) is 0 Å². The minimum absolute atomic E-state index is 0. The van der Waals surface area contributed by atoms with Crippen LogP contribution in [0.2, 0.25) is 0 Å². The molecule has 2 rings (SSSR count). The maximum Gasteiger partial charge on any atom is 0.0487 e. The molecule has 2 N–H and O–H groups in total. The van der Waals surface area contributed by atoms with E-state index in [0.717, 1.165) is 0 Å². The largest absolute Gasteiger partial charge is 0.286 e. The van der Waals surface area contributed by atoms with Crippen LogP contribution in [0, 0.1) is 20.0 Å². The molecule has 0 aliphatic rings. The molecule has 9 heteroatoms. The van der Waals surface area contributed by atoms with Crippen molar-refractivity contribution in [1.82, 2.24) is 20.4 Å². The molecule has 0 bridgehead atoms. The van der Waals surface area contributed by atoms with Gasteiger partial charge in [0.05, 0.1) is 0 Å². The van der Waals surface area contributed by atoms with Gasteiger partial charge in [-0.15, -0.1) is 0 Å². The quantitative estimate of drug-likeness (QED) is 0.322. The number of hydrogen-bond donors (Lipinski definition) is 2. The Kier molecular flexibility index (Phi) is 74.8. The maximum absolute atomic E-state index is 7.50. The second-order valence-electron chi connectivity index (χ2n) is 1.53. The maximum atomic E-state index is 7.50. The van der Waals surface area contributed by atoms with Crippen molar-refractivity contribution >= 4 is 0 Å². The molecule has 97 valence electrons. The average Bonchev–Trinajstić information content (AvgIpc) is 3.14. The van der Waals surface area contributed by atoms with Gasteiger partial charge in [0.1, 0.15) is 0 Å². The summed E-state index contributed by atoms with van der Waals surface area (Å²) in [5.74, 6) is 0. The third-order valence-electron chi connectivity index (χ3n) is 0.812. The Hall–Kier alpha value is -1.22. The first-order chi connectivity index (χ1) is 8.00. The minimum Gasteiger partial charge on any atom is -0.286 e. The van der Waals surface area contributed by atoms with Crippen molar-refractivity contribution in [2.75, 3.05) is 0 Å². The average molecular weight is 486 g/mol. The number of aromatic amines is 2. The third kappa shape index (κ3) is 36.4. The van der Waals surface area contributed by atoms with E-state index in [1.165, 1.54) is 0 Å². The summed E-state index contributed by atoms with van der Waals surface area (Å²) >= 11 is 0. The topological polar surface area (TPSA) is 117 Å². The first-order valence-electron chi connectivity index (χ1n) is 3.49. The number of rotatable bonds is 0. The summed E-state index contributed by atoms with van der Waals surface area (Å²) in [6.45, 7) is 13.5. The molecule has 1 radical (unpaired) electrons. The van der Waals surface area contributed by atoms with Crippen LogP contribution in [-0.2, 0) is 34.4 Å². The number of hydrogen-bond acceptors (Lipinski definition) is 2. The van der Waals surface area contributed by atoms with E-state index >= 15 is 0 Å². The van der Waals surface area contributed by atoms with Gasteiger partial charge in [0, 0.05) is 45.2 Å². The van der Waals surface area contributed by atoms with E-state index in [1.54, 1.807) is 24.8 Å². The monoisotopic (exact) mass is 486 g/mol. The summed E-state index contributed by atoms with van der Waals surface area (Å²) in [7, 11) is 0. The van der Waals surface area contributed by atoms with E-state index in [9.17, 15) is 0 Å². The fourth-order valence-corrected chi connectivity index (χ4v) is 0.430. The van der Waals surface area contributed by atoms with Crippen LogP contribution in [0.5, 0.6) is 0 Å². The van der Waals surface area contributed by atoms with Gasteiger partial charge in [0.15, 0.2) is 0 Å². The Balaban J connectivity index is -0.0000000415. The van der Waals surface area contributed by atoms with Crippen LogP contribution in [-0.4, -0.2) is 20.4 Å². The predicted octanol–water partition coefficient (Wildman–Crippen LogP) is -2.29. The number of aromatic nitrogens is 4. The minimum atomic E-state index is 0. The molecule has 0 saturated heterocycles. The molecular formula is C9H8BrN4O3Re-. The number of H-pyrrole nitrogens is 2. The van der Waals surface area contributed by atoms with Crippen molar-refractivity contribution in [3.05, 3.63) is 56.9 Å². The van der Waals surface area contributed by atoms with E-state index in [1.807, 2.05) is 12.1 Å². The van der Waals surface area contributed by atoms with E-state index < -0.39 is 0 Å².